The number of halogens is 3. The largest absolute Gasteiger partial charge is 0.396 e. The Morgan fingerprint density at radius 2 is 1.83 bits per heavy atom. The van der Waals surface area contributed by atoms with Crippen LogP contribution in [0.3, 0.4) is 0 Å². The van der Waals surface area contributed by atoms with Crippen LogP contribution in [0.25, 0.3) is 0 Å². The second kappa shape index (κ2) is 7.81. The summed E-state index contributed by atoms with van der Waals surface area (Å²) in [5.74, 6) is -2.37. The first-order chi connectivity index (χ1) is 10.9. The number of aliphatic hydroxyl groups is 1. The molecular formula is C17H22F3NO2. The van der Waals surface area contributed by atoms with Crippen LogP contribution in [0.4, 0.5) is 13.2 Å². The van der Waals surface area contributed by atoms with E-state index < -0.39 is 30.5 Å². The number of aliphatic hydroxyl groups excluding tert-OH is 1. The van der Waals surface area contributed by atoms with Crippen molar-refractivity contribution in [2.75, 3.05) is 6.54 Å². The van der Waals surface area contributed by atoms with Crippen LogP contribution in [-0.4, -0.2) is 29.8 Å². The standard InChI is InChI=1S/C17H22F3NO2/c18-17(19,20)14(12-6-2-1-3-7-12)10-16(23)21-11-15(22)13-8-4-5-9-13/h1-3,6-7,13-15,22H,4-5,8-11H2,(H,21,23). The Hall–Kier alpha value is -1.56. The molecule has 2 atom stereocenters. The molecule has 1 aliphatic carbocycles. The van der Waals surface area contributed by atoms with Gasteiger partial charge in [0.25, 0.3) is 0 Å². The Labute approximate surface area is 133 Å². The second-order valence-corrected chi connectivity index (χ2v) is 6.12. The fraction of sp³-hybridized carbons (Fsp3) is 0.588. The Kier molecular flexibility index (Phi) is 6.04. The van der Waals surface area contributed by atoms with Crippen molar-refractivity contribution in [2.45, 2.75) is 50.3 Å². The molecule has 23 heavy (non-hydrogen) atoms. The van der Waals surface area contributed by atoms with Gasteiger partial charge in [0.1, 0.15) is 0 Å². The molecule has 0 radical (unpaired) electrons. The van der Waals surface area contributed by atoms with Crippen LogP contribution in [0.1, 0.15) is 43.6 Å². The molecule has 3 nitrogen and oxygen atoms in total. The van der Waals surface area contributed by atoms with Gasteiger partial charge in [0.15, 0.2) is 0 Å². The van der Waals surface area contributed by atoms with Crippen LogP contribution < -0.4 is 5.32 Å². The predicted octanol–water partition coefficient (Wildman–Crippen LogP) is 3.39. The van der Waals surface area contributed by atoms with Gasteiger partial charge in [-0.25, -0.2) is 0 Å². The van der Waals surface area contributed by atoms with Crippen LogP contribution in [-0.2, 0) is 4.79 Å². The van der Waals surface area contributed by atoms with E-state index in [9.17, 15) is 23.1 Å². The summed E-state index contributed by atoms with van der Waals surface area (Å²) < 4.78 is 39.5. The number of nitrogens with one attached hydrogen (secondary N) is 1. The average molecular weight is 329 g/mol. The lowest BCUT2D eigenvalue weighted by atomic mass is 9.94. The molecule has 0 spiro atoms. The van der Waals surface area contributed by atoms with Crippen molar-refractivity contribution in [1.82, 2.24) is 5.32 Å². The predicted molar refractivity (Wildman–Crippen MR) is 80.8 cm³/mol. The number of benzene rings is 1. The highest BCUT2D eigenvalue weighted by molar-refractivity contribution is 5.77. The first kappa shape index (κ1) is 17.8. The van der Waals surface area contributed by atoms with Crippen molar-refractivity contribution < 1.29 is 23.1 Å². The van der Waals surface area contributed by atoms with Crippen molar-refractivity contribution in [1.29, 1.82) is 0 Å². The van der Waals surface area contributed by atoms with E-state index in [2.05, 4.69) is 5.32 Å². The fourth-order valence-corrected chi connectivity index (χ4v) is 3.09. The lowest BCUT2D eigenvalue weighted by molar-refractivity contribution is -0.157. The Bertz CT molecular complexity index is 498. The number of alkyl halides is 3. The van der Waals surface area contributed by atoms with E-state index >= 15 is 0 Å². The summed E-state index contributed by atoms with van der Waals surface area (Å²) in [7, 11) is 0. The van der Waals surface area contributed by atoms with Gasteiger partial charge >= 0.3 is 6.18 Å². The van der Waals surface area contributed by atoms with Crippen molar-refractivity contribution in [3.63, 3.8) is 0 Å². The summed E-state index contributed by atoms with van der Waals surface area (Å²) in [6.45, 7) is 0.0167. The molecule has 1 aromatic carbocycles. The van der Waals surface area contributed by atoms with E-state index in [1.165, 1.54) is 24.3 Å². The Morgan fingerprint density at radius 3 is 2.39 bits per heavy atom. The molecule has 1 aromatic rings. The lowest BCUT2D eigenvalue weighted by Gasteiger charge is -2.22. The maximum Gasteiger partial charge on any atom is 0.396 e. The highest BCUT2D eigenvalue weighted by atomic mass is 19.4. The van der Waals surface area contributed by atoms with Crippen molar-refractivity contribution in [3.05, 3.63) is 35.9 Å². The smallest absolute Gasteiger partial charge is 0.391 e. The second-order valence-electron chi connectivity index (χ2n) is 6.12. The topological polar surface area (TPSA) is 49.3 Å². The summed E-state index contributed by atoms with van der Waals surface area (Å²) >= 11 is 0. The minimum Gasteiger partial charge on any atom is -0.391 e. The van der Waals surface area contributed by atoms with Gasteiger partial charge in [-0.05, 0) is 24.3 Å². The first-order valence-electron chi connectivity index (χ1n) is 7.94. The third-order valence-corrected chi connectivity index (χ3v) is 4.44. The van der Waals surface area contributed by atoms with Crippen LogP contribution in [0.5, 0.6) is 0 Å². The third kappa shape index (κ3) is 5.23. The zero-order chi connectivity index (χ0) is 16.9. The molecule has 1 amide bonds. The fourth-order valence-electron chi connectivity index (χ4n) is 3.09. The zero-order valence-corrected chi connectivity index (χ0v) is 12.9. The minimum absolute atomic E-state index is 0.0167. The summed E-state index contributed by atoms with van der Waals surface area (Å²) in [5.41, 5.74) is 0.0755. The van der Waals surface area contributed by atoms with Crippen molar-refractivity contribution in [2.24, 2.45) is 5.92 Å². The summed E-state index contributed by atoms with van der Waals surface area (Å²) in [4.78, 5) is 11.9. The number of hydrogen-bond donors (Lipinski definition) is 2. The first-order valence-corrected chi connectivity index (χ1v) is 7.94. The molecular weight excluding hydrogens is 307 g/mol. The molecule has 0 aromatic heterocycles. The van der Waals surface area contributed by atoms with Gasteiger partial charge < -0.3 is 10.4 Å². The molecule has 0 bridgehead atoms. The van der Waals surface area contributed by atoms with Gasteiger partial charge in [0, 0.05) is 13.0 Å². The molecule has 0 aliphatic heterocycles. The summed E-state index contributed by atoms with van der Waals surface area (Å²) in [5, 5.41) is 12.4. The van der Waals surface area contributed by atoms with Gasteiger partial charge in [-0.2, -0.15) is 13.2 Å². The quantitative estimate of drug-likeness (QED) is 0.840. The molecule has 1 saturated carbocycles. The Balaban J connectivity index is 1.90. The lowest BCUT2D eigenvalue weighted by Crippen LogP contribution is -2.37. The van der Waals surface area contributed by atoms with E-state index in [0.717, 1.165) is 25.7 Å². The number of carbonyl (C=O) groups excluding carboxylic acids is 1. The SMILES string of the molecule is O=C(CC(c1ccccc1)C(F)(F)F)NCC(O)C1CCCC1. The number of amides is 1. The Morgan fingerprint density at radius 1 is 1.22 bits per heavy atom. The maximum absolute atomic E-state index is 13.2. The van der Waals surface area contributed by atoms with Crippen LogP contribution in [0.2, 0.25) is 0 Å². The van der Waals surface area contributed by atoms with Gasteiger partial charge in [0.2, 0.25) is 5.91 Å². The van der Waals surface area contributed by atoms with Gasteiger partial charge in [0.05, 0.1) is 12.0 Å². The minimum atomic E-state index is -4.48. The van der Waals surface area contributed by atoms with E-state index in [-0.39, 0.29) is 18.0 Å². The molecule has 0 saturated heterocycles. The molecule has 2 rings (SSSR count). The van der Waals surface area contributed by atoms with E-state index in [1.54, 1.807) is 6.07 Å². The van der Waals surface area contributed by atoms with Crippen LogP contribution in [0, 0.1) is 5.92 Å². The molecule has 1 aliphatic rings. The van der Waals surface area contributed by atoms with E-state index in [4.69, 9.17) is 0 Å². The molecule has 1 fully saturated rings. The summed E-state index contributed by atoms with van der Waals surface area (Å²) in [6, 6.07) is 7.43. The molecule has 2 unspecified atom stereocenters. The molecule has 0 heterocycles. The monoisotopic (exact) mass is 329 g/mol. The third-order valence-electron chi connectivity index (χ3n) is 4.44. The van der Waals surface area contributed by atoms with Crippen LogP contribution >= 0.6 is 0 Å². The molecule has 6 heteroatoms. The summed E-state index contributed by atoms with van der Waals surface area (Å²) in [6.07, 6.45) is -1.89. The maximum atomic E-state index is 13.2. The van der Waals surface area contributed by atoms with Crippen molar-refractivity contribution in [3.8, 4) is 0 Å². The van der Waals surface area contributed by atoms with Crippen LogP contribution in [0.15, 0.2) is 30.3 Å². The number of hydrogen-bond acceptors (Lipinski definition) is 2. The normalized spacial score (nSPS) is 18.6. The zero-order valence-electron chi connectivity index (χ0n) is 12.9. The van der Waals surface area contributed by atoms with E-state index in [0.29, 0.717) is 0 Å². The number of carbonyl (C=O) groups is 1. The highest BCUT2D eigenvalue weighted by Gasteiger charge is 2.41. The molecule has 2 N–H and O–H groups in total. The van der Waals surface area contributed by atoms with Gasteiger partial charge in [-0.1, -0.05) is 43.2 Å². The molecule has 128 valence electrons. The van der Waals surface area contributed by atoms with Gasteiger partial charge in [-0.3, -0.25) is 4.79 Å². The van der Waals surface area contributed by atoms with Gasteiger partial charge in [-0.15, -0.1) is 0 Å². The van der Waals surface area contributed by atoms with E-state index in [1.807, 2.05) is 0 Å². The highest BCUT2D eigenvalue weighted by Crippen LogP contribution is 2.37. The number of rotatable bonds is 6. The van der Waals surface area contributed by atoms with Crippen molar-refractivity contribution >= 4 is 5.91 Å². The average Bonchev–Trinajstić information content (AvgIpc) is 3.04.